The Kier molecular flexibility index (Phi) is 4.58. The Hall–Kier alpha value is -1.96. The van der Waals surface area contributed by atoms with Gasteiger partial charge in [-0.2, -0.15) is 0 Å². The molecule has 24 heavy (non-hydrogen) atoms. The van der Waals surface area contributed by atoms with E-state index in [2.05, 4.69) is 10.2 Å². The molecule has 128 valence electrons. The van der Waals surface area contributed by atoms with E-state index in [1.165, 1.54) is 0 Å². The lowest BCUT2D eigenvalue weighted by molar-refractivity contribution is 0.0236. The van der Waals surface area contributed by atoms with Crippen molar-refractivity contribution in [3.63, 3.8) is 0 Å². The monoisotopic (exact) mass is 349 g/mol. The van der Waals surface area contributed by atoms with E-state index < -0.39 is 5.60 Å². The summed E-state index contributed by atoms with van der Waals surface area (Å²) in [4.78, 5) is 16.3. The van der Waals surface area contributed by atoms with Crippen LogP contribution in [-0.2, 0) is 0 Å². The molecule has 3 rings (SSSR count). The molecule has 0 spiro atoms. The van der Waals surface area contributed by atoms with Gasteiger partial charge < -0.3 is 14.9 Å². The number of aliphatic hydroxyl groups is 1. The Bertz CT molecular complexity index is 734. The van der Waals surface area contributed by atoms with Crippen LogP contribution in [-0.4, -0.2) is 74.9 Å². The van der Waals surface area contributed by atoms with Crippen molar-refractivity contribution >= 4 is 17.5 Å². The van der Waals surface area contributed by atoms with Crippen LogP contribution in [0.4, 0.5) is 0 Å². The van der Waals surface area contributed by atoms with Gasteiger partial charge >= 0.3 is 0 Å². The summed E-state index contributed by atoms with van der Waals surface area (Å²) in [5, 5.41) is 18.5. The van der Waals surface area contributed by atoms with Gasteiger partial charge in [-0.3, -0.25) is 9.36 Å². The first kappa shape index (κ1) is 16.9. The first-order valence-corrected chi connectivity index (χ1v) is 8.07. The van der Waals surface area contributed by atoms with Gasteiger partial charge in [-0.05, 0) is 38.7 Å². The summed E-state index contributed by atoms with van der Waals surface area (Å²) in [5.41, 5.74) is 0.350. The topological polar surface area (TPSA) is 74.5 Å². The number of hydrogen-bond acceptors (Lipinski definition) is 5. The lowest BCUT2D eigenvalue weighted by Crippen LogP contribution is -2.43. The minimum atomic E-state index is -0.867. The van der Waals surface area contributed by atoms with Crippen molar-refractivity contribution in [2.24, 2.45) is 0 Å². The van der Waals surface area contributed by atoms with Gasteiger partial charge in [0.2, 0.25) is 0 Å². The number of likely N-dealkylation sites (N-methyl/N-ethyl adjacent to an activating group) is 1. The third kappa shape index (κ3) is 3.43. The molecule has 1 aliphatic heterocycles. The number of likely N-dealkylation sites (tertiary alicyclic amines) is 1. The molecule has 7 nitrogen and oxygen atoms in total. The summed E-state index contributed by atoms with van der Waals surface area (Å²) in [6.45, 7) is 1.36. The molecule has 1 aromatic heterocycles. The average Bonchev–Trinajstić information content (AvgIpc) is 3.15. The lowest BCUT2D eigenvalue weighted by Gasteiger charge is -2.26. The second kappa shape index (κ2) is 6.51. The minimum Gasteiger partial charge on any atom is -0.387 e. The van der Waals surface area contributed by atoms with Crippen molar-refractivity contribution in [3.05, 3.63) is 41.4 Å². The van der Waals surface area contributed by atoms with Crippen LogP contribution in [0.5, 0.6) is 0 Å². The van der Waals surface area contributed by atoms with Gasteiger partial charge in [0.1, 0.15) is 12.7 Å². The van der Waals surface area contributed by atoms with E-state index in [0.717, 1.165) is 5.69 Å². The first-order chi connectivity index (χ1) is 11.4. The van der Waals surface area contributed by atoms with Gasteiger partial charge in [-0.25, -0.2) is 0 Å². The first-order valence-electron chi connectivity index (χ1n) is 7.69. The number of hydrogen-bond donors (Lipinski definition) is 1. The number of carbonyl (C=O) groups is 1. The van der Waals surface area contributed by atoms with Crippen LogP contribution < -0.4 is 0 Å². The highest BCUT2D eigenvalue weighted by Gasteiger charge is 2.39. The molecule has 2 aromatic rings. The molecule has 1 saturated heterocycles. The van der Waals surface area contributed by atoms with E-state index in [-0.39, 0.29) is 5.91 Å². The number of amides is 1. The van der Waals surface area contributed by atoms with Crippen molar-refractivity contribution in [1.29, 1.82) is 0 Å². The number of halogens is 1. The van der Waals surface area contributed by atoms with Gasteiger partial charge in [0.05, 0.1) is 22.7 Å². The summed E-state index contributed by atoms with van der Waals surface area (Å²) in [7, 11) is 3.81. The van der Waals surface area contributed by atoms with Crippen LogP contribution in [0.3, 0.4) is 0 Å². The third-order valence-electron chi connectivity index (χ3n) is 4.13. The predicted octanol–water partition coefficient (Wildman–Crippen LogP) is 1.06. The Morgan fingerprint density at radius 3 is 2.71 bits per heavy atom. The number of nitrogens with zero attached hydrogens (tertiary/aromatic N) is 5. The molecular weight excluding hydrogens is 330 g/mol. The number of β-amino-alcohol motifs (C(OH)–C–C–N with tert-alkyl or cyclic N) is 1. The van der Waals surface area contributed by atoms with Crippen LogP contribution in [0.25, 0.3) is 5.69 Å². The zero-order valence-corrected chi connectivity index (χ0v) is 14.4. The SMILES string of the molecule is CN(C)C[C@@]1(O)CCN(C(=O)c2ccc(-n3cnnc3)cc2Cl)C1. The van der Waals surface area contributed by atoms with Gasteiger partial charge in [-0.1, -0.05) is 11.6 Å². The quantitative estimate of drug-likeness (QED) is 0.893. The molecule has 8 heteroatoms. The molecule has 0 unspecified atom stereocenters. The van der Waals surface area contributed by atoms with Crippen molar-refractivity contribution in [2.45, 2.75) is 12.0 Å². The summed E-state index contributed by atoms with van der Waals surface area (Å²) in [5.74, 6) is -0.162. The van der Waals surface area contributed by atoms with E-state index >= 15 is 0 Å². The van der Waals surface area contributed by atoms with Crippen molar-refractivity contribution in [1.82, 2.24) is 24.6 Å². The number of benzene rings is 1. The highest BCUT2D eigenvalue weighted by atomic mass is 35.5. The highest BCUT2D eigenvalue weighted by Crippen LogP contribution is 2.27. The van der Waals surface area contributed by atoms with Crippen molar-refractivity contribution in [3.8, 4) is 5.69 Å². The summed E-state index contributed by atoms with van der Waals surface area (Å²) < 4.78 is 1.71. The smallest absolute Gasteiger partial charge is 0.255 e. The maximum absolute atomic E-state index is 12.7. The molecule has 1 amide bonds. The molecule has 0 bridgehead atoms. The second-order valence-corrected chi connectivity index (χ2v) is 6.88. The molecule has 1 fully saturated rings. The Balaban J connectivity index is 1.76. The van der Waals surface area contributed by atoms with Crippen LogP contribution in [0.1, 0.15) is 16.8 Å². The van der Waals surface area contributed by atoms with Crippen LogP contribution in [0, 0.1) is 0 Å². The Morgan fingerprint density at radius 2 is 2.08 bits per heavy atom. The third-order valence-corrected chi connectivity index (χ3v) is 4.44. The van der Waals surface area contributed by atoms with Crippen LogP contribution >= 0.6 is 11.6 Å². The average molecular weight is 350 g/mol. The lowest BCUT2D eigenvalue weighted by atomic mass is 10.0. The van der Waals surface area contributed by atoms with E-state index in [9.17, 15) is 9.90 Å². The van der Waals surface area contributed by atoms with E-state index in [1.807, 2.05) is 19.0 Å². The number of rotatable bonds is 4. The summed E-state index contributed by atoms with van der Waals surface area (Å²) in [6.07, 6.45) is 3.69. The summed E-state index contributed by atoms with van der Waals surface area (Å²) in [6, 6.07) is 5.20. The fourth-order valence-corrected chi connectivity index (χ4v) is 3.35. The number of carbonyl (C=O) groups excluding carboxylic acids is 1. The highest BCUT2D eigenvalue weighted by molar-refractivity contribution is 6.34. The maximum atomic E-state index is 12.7. The predicted molar refractivity (Wildman–Crippen MR) is 90.4 cm³/mol. The normalized spacial score (nSPS) is 20.8. The zero-order chi connectivity index (χ0) is 17.3. The van der Waals surface area contributed by atoms with Crippen molar-refractivity contribution < 1.29 is 9.90 Å². The van der Waals surface area contributed by atoms with E-state index in [0.29, 0.717) is 36.6 Å². The van der Waals surface area contributed by atoms with Gasteiger partial charge in [0, 0.05) is 18.8 Å². The molecule has 1 atom stereocenters. The molecule has 1 N–H and O–H groups in total. The number of aromatic nitrogens is 3. The molecule has 1 aromatic carbocycles. The van der Waals surface area contributed by atoms with Crippen molar-refractivity contribution in [2.75, 3.05) is 33.7 Å². The van der Waals surface area contributed by atoms with Crippen LogP contribution in [0.2, 0.25) is 5.02 Å². The fraction of sp³-hybridized carbons (Fsp3) is 0.438. The fourth-order valence-electron chi connectivity index (χ4n) is 3.09. The Morgan fingerprint density at radius 1 is 1.38 bits per heavy atom. The molecule has 0 radical (unpaired) electrons. The van der Waals surface area contributed by atoms with Gasteiger partial charge in [0.25, 0.3) is 5.91 Å². The minimum absolute atomic E-state index is 0.162. The molecule has 0 aliphatic carbocycles. The Labute approximate surface area is 145 Å². The van der Waals surface area contributed by atoms with E-state index in [1.54, 1.807) is 40.3 Å². The van der Waals surface area contributed by atoms with Gasteiger partial charge in [0.15, 0.2) is 0 Å². The molecular formula is C16H20ClN5O2. The molecule has 2 heterocycles. The zero-order valence-electron chi connectivity index (χ0n) is 13.7. The summed E-state index contributed by atoms with van der Waals surface area (Å²) >= 11 is 6.30. The molecule has 1 aliphatic rings. The van der Waals surface area contributed by atoms with E-state index in [4.69, 9.17) is 11.6 Å². The van der Waals surface area contributed by atoms with Crippen LogP contribution in [0.15, 0.2) is 30.9 Å². The molecule has 0 saturated carbocycles. The largest absolute Gasteiger partial charge is 0.387 e. The van der Waals surface area contributed by atoms with Gasteiger partial charge in [-0.15, -0.1) is 10.2 Å². The maximum Gasteiger partial charge on any atom is 0.255 e. The second-order valence-electron chi connectivity index (χ2n) is 6.47. The standard InChI is InChI=1S/C16H20ClN5O2/c1-20(2)8-16(24)5-6-21(9-16)15(23)13-4-3-12(7-14(13)17)22-10-18-19-11-22/h3-4,7,10-11,24H,5-6,8-9H2,1-2H3/t16-/m0/s1.